The number of amides is 3. The van der Waals surface area contributed by atoms with Gasteiger partial charge in [0.05, 0.1) is 13.0 Å². The number of carbonyl (C=O) groups is 3. The van der Waals surface area contributed by atoms with Crippen LogP contribution in [0, 0.1) is 5.82 Å². The van der Waals surface area contributed by atoms with Gasteiger partial charge in [-0.3, -0.25) is 34.9 Å². The summed E-state index contributed by atoms with van der Waals surface area (Å²) in [4.78, 5) is 36.4. The molecule has 26 heavy (non-hydrogen) atoms. The Hall–Kier alpha value is -2.68. The van der Waals surface area contributed by atoms with Crippen molar-refractivity contribution in [1.82, 2.24) is 9.96 Å². The lowest BCUT2D eigenvalue weighted by atomic mass is 9.94. The molecule has 1 fully saturated rings. The first-order valence-corrected chi connectivity index (χ1v) is 6.97. The van der Waals surface area contributed by atoms with Crippen molar-refractivity contribution in [2.75, 3.05) is 5.23 Å². The van der Waals surface area contributed by atoms with E-state index in [1.807, 2.05) is 0 Å². The Labute approximate surface area is 143 Å². The molecule has 0 aromatic heterocycles. The summed E-state index contributed by atoms with van der Waals surface area (Å²) in [7, 11) is 0. The topological polar surface area (TPSA) is 182 Å². The van der Waals surface area contributed by atoms with Gasteiger partial charge in [0.2, 0.25) is 5.72 Å². The molecule has 2 heterocycles. The lowest BCUT2D eigenvalue weighted by molar-refractivity contribution is -0.272. The van der Waals surface area contributed by atoms with Crippen LogP contribution in [-0.2, 0) is 16.1 Å². The number of carbonyl (C=O) groups excluding carboxylic acids is 3. The molecule has 1 saturated heterocycles. The number of hydroxylamine groups is 2. The van der Waals surface area contributed by atoms with Crippen LogP contribution in [0.15, 0.2) is 12.1 Å². The summed E-state index contributed by atoms with van der Waals surface area (Å²) in [6.45, 7) is -0.693. The number of fused-ring (bicyclic) bond motifs is 1. The number of benzene rings is 1. The van der Waals surface area contributed by atoms with Crippen LogP contribution in [-0.4, -0.2) is 70.1 Å². The molecule has 2 aliphatic rings. The number of nitrogens with zero attached hydrogens (tertiary/aromatic N) is 3. The van der Waals surface area contributed by atoms with Crippen LogP contribution in [0.5, 0.6) is 0 Å². The summed E-state index contributed by atoms with van der Waals surface area (Å²) in [6.07, 6.45) is -1.39. The third-order valence-electron chi connectivity index (χ3n) is 4.21. The molecule has 0 radical (unpaired) electrons. The fourth-order valence-electron chi connectivity index (χ4n) is 2.97. The van der Waals surface area contributed by atoms with E-state index in [1.165, 1.54) is 0 Å². The number of aliphatic hydroxyl groups is 3. The SMILES string of the molecule is O=C1c2cc(F)cc(N(O)O)c2CN1C1(O)CC(O)(O)C(=O)N(O)C1=O. The monoisotopic (exact) mass is 373 g/mol. The van der Waals surface area contributed by atoms with Crippen molar-refractivity contribution in [2.24, 2.45) is 0 Å². The molecule has 2 aliphatic heterocycles. The van der Waals surface area contributed by atoms with E-state index in [0.29, 0.717) is 17.0 Å². The Bertz CT molecular complexity index is 842. The van der Waals surface area contributed by atoms with Gasteiger partial charge in [0.25, 0.3) is 11.7 Å². The fourth-order valence-corrected chi connectivity index (χ4v) is 2.97. The number of hydrogen-bond acceptors (Lipinski definition) is 10. The van der Waals surface area contributed by atoms with Gasteiger partial charge in [-0.2, -0.15) is 0 Å². The maximum absolute atomic E-state index is 13.6. The minimum atomic E-state index is -3.37. The van der Waals surface area contributed by atoms with Crippen molar-refractivity contribution in [2.45, 2.75) is 24.5 Å². The van der Waals surface area contributed by atoms with Gasteiger partial charge in [-0.15, -0.1) is 10.3 Å². The van der Waals surface area contributed by atoms with Crippen LogP contribution in [0.4, 0.5) is 10.1 Å². The van der Waals surface area contributed by atoms with E-state index in [-0.39, 0.29) is 5.56 Å². The number of rotatable bonds is 2. The van der Waals surface area contributed by atoms with Gasteiger partial charge in [-0.05, 0) is 6.07 Å². The average molecular weight is 373 g/mol. The van der Waals surface area contributed by atoms with Gasteiger partial charge in [-0.1, -0.05) is 0 Å². The van der Waals surface area contributed by atoms with Gasteiger partial charge in [-0.25, -0.2) is 4.39 Å². The summed E-state index contributed by atoms with van der Waals surface area (Å²) in [5.41, 5.74) is -4.30. The van der Waals surface area contributed by atoms with Crippen LogP contribution in [0.25, 0.3) is 0 Å². The largest absolute Gasteiger partial charge is 0.363 e. The molecule has 1 unspecified atom stereocenters. The lowest BCUT2D eigenvalue weighted by Crippen LogP contribution is -2.71. The van der Waals surface area contributed by atoms with E-state index >= 15 is 0 Å². The van der Waals surface area contributed by atoms with E-state index < -0.39 is 69.6 Å². The van der Waals surface area contributed by atoms with Crippen molar-refractivity contribution < 1.29 is 49.7 Å². The Balaban J connectivity index is 2.08. The van der Waals surface area contributed by atoms with E-state index in [9.17, 15) is 39.3 Å². The molecule has 3 rings (SSSR count). The van der Waals surface area contributed by atoms with Crippen molar-refractivity contribution in [3.05, 3.63) is 29.1 Å². The van der Waals surface area contributed by atoms with Crippen molar-refractivity contribution in [3.8, 4) is 0 Å². The summed E-state index contributed by atoms with van der Waals surface area (Å²) in [5, 5.41) is 56.3. The highest BCUT2D eigenvalue weighted by Gasteiger charge is 2.62. The first-order valence-electron chi connectivity index (χ1n) is 6.97. The molecule has 0 spiro atoms. The van der Waals surface area contributed by atoms with Crippen LogP contribution >= 0.6 is 0 Å². The van der Waals surface area contributed by atoms with Crippen molar-refractivity contribution in [3.63, 3.8) is 0 Å². The van der Waals surface area contributed by atoms with Gasteiger partial charge < -0.3 is 15.3 Å². The lowest BCUT2D eigenvalue weighted by Gasteiger charge is -2.43. The normalized spacial score (nSPS) is 25.0. The van der Waals surface area contributed by atoms with Gasteiger partial charge in [0.15, 0.2) is 0 Å². The van der Waals surface area contributed by atoms with E-state index in [4.69, 9.17) is 10.4 Å². The summed E-state index contributed by atoms with van der Waals surface area (Å²) in [6, 6.07) is 1.36. The van der Waals surface area contributed by atoms with Gasteiger partial charge in [0.1, 0.15) is 11.5 Å². The molecule has 3 amide bonds. The molecule has 1 aromatic rings. The molecule has 0 aliphatic carbocycles. The van der Waals surface area contributed by atoms with Crippen LogP contribution in [0.1, 0.15) is 22.3 Å². The highest BCUT2D eigenvalue weighted by Crippen LogP contribution is 2.39. The minimum Gasteiger partial charge on any atom is -0.363 e. The number of hydrogen-bond donors (Lipinski definition) is 6. The summed E-state index contributed by atoms with van der Waals surface area (Å²) in [5.74, 6) is -9.17. The van der Waals surface area contributed by atoms with Gasteiger partial charge >= 0.3 is 11.8 Å². The van der Waals surface area contributed by atoms with Crippen LogP contribution < -0.4 is 5.23 Å². The zero-order valence-corrected chi connectivity index (χ0v) is 12.7. The molecule has 0 saturated carbocycles. The Kier molecular flexibility index (Phi) is 3.77. The second-order valence-electron chi connectivity index (χ2n) is 5.86. The quantitative estimate of drug-likeness (QED) is 0.145. The molecule has 13 heteroatoms. The Morgan fingerprint density at radius 1 is 1.08 bits per heavy atom. The summed E-state index contributed by atoms with van der Waals surface area (Å²) < 4.78 is 13.6. The number of piperidine rings is 1. The van der Waals surface area contributed by atoms with E-state index in [1.54, 1.807) is 0 Å². The molecule has 140 valence electrons. The molecule has 1 atom stereocenters. The average Bonchev–Trinajstić information content (AvgIpc) is 2.87. The maximum Gasteiger partial charge on any atom is 0.313 e. The van der Waals surface area contributed by atoms with Crippen LogP contribution in [0.2, 0.25) is 0 Å². The molecular weight excluding hydrogens is 361 g/mol. The van der Waals surface area contributed by atoms with E-state index in [2.05, 4.69) is 0 Å². The number of halogens is 1. The molecule has 6 N–H and O–H groups in total. The van der Waals surface area contributed by atoms with Crippen molar-refractivity contribution >= 4 is 23.4 Å². The molecular formula is C13H12FN3O9. The van der Waals surface area contributed by atoms with Crippen LogP contribution in [0.3, 0.4) is 0 Å². The molecule has 0 bridgehead atoms. The highest BCUT2D eigenvalue weighted by molar-refractivity contribution is 6.08. The maximum atomic E-state index is 13.6. The first-order chi connectivity index (χ1) is 11.9. The minimum absolute atomic E-state index is 0.203. The third kappa shape index (κ3) is 2.34. The second-order valence-corrected chi connectivity index (χ2v) is 5.86. The number of imide groups is 1. The third-order valence-corrected chi connectivity index (χ3v) is 4.21. The fraction of sp³-hybridized carbons (Fsp3) is 0.308. The Morgan fingerprint density at radius 3 is 2.27 bits per heavy atom. The second kappa shape index (κ2) is 5.41. The molecule has 12 nitrogen and oxygen atoms in total. The zero-order chi connectivity index (χ0) is 19.6. The Morgan fingerprint density at radius 2 is 1.69 bits per heavy atom. The molecule has 1 aromatic carbocycles. The smallest absolute Gasteiger partial charge is 0.313 e. The highest BCUT2D eigenvalue weighted by atomic mass is 19.1. The van der Waals surface area contributed by atoms with E-state index in [0.717, 1.165) is 0 Å². The first kappa shape index (κ1) is 18.1. The predicted octanol–water partition coefficient (Wildman–Crippen LogP) is -2.12. The predicted molar refractivity (Wildman–Crippen MR) is 72.7 cm³/mol. The van der Waals surface area contributed by atoms with Crippen molar-refractivity contribution in [1.29, 1.82) is 0 Å². The van der Waals surface area contributed by atoms with Gasteiger partial charge in [0, 0.05) is 17.2 Å². The summed E-state index contributed by atoms with van der Waals surface area (Å²) >= 11 is 0. The standard InChI is InChI=1S/C13H12FN3O9/c14-5-1-6-7(8(2-5)17(25)26)3-15(9(6)18)12(21)4-13(22,23)11(20)16(24)10(12)19/h1-2,21-26H,3-4H2. The number of anilines is 1. The zero-order valence-electron chi connectivity index (χ0n) is 12.7.